The van der Waals surface area contributed by atoms with Gasteiger partial charge in [0.1, 0.15) is 12.2 Å². The van der Waals surface area contributed by atoms with Gasteiger partial charge in [-0.05, 0) is 61.1 Å². The fourth-order valence-electron chi connectivity index (χ4n) is 1.43. The molecule has 0 saturated carbocycles. The van der Waals surface area contributed by atoms with Gasteiger partial charge in [0, 0.05) is 25.8 Å². The molecule has 0 bridgehead atoms. The van der Waals surface area contributed by atoms with Crippen LogP contribution < -0.4 is 11.1 Å². The molecule has 1 aromatic rings. The summed E-state index contributed by atoms with van der Waals surface area (Å²) >= 11 is 0. The van der Waals surface area contributed by atoms with Gasteiger partial charge < -0.3 is 26.6 Å². The Balaban J connectivity index is -0.0000000718. The second-order valence-electron chi connectivity index (χ2n) is 7.21. The van der Waals surface area contributed by atoms with Crippen molar-refractivity contribution in [2.75, 3.05) is 33.2 Å². The van der Waals surface area contributed by atoms with Gasteiger partial charge >= 0.3 is 0 Å². The maximum Gasteiger partial charge on any atom is 0.137 e. The van der Waals surface area contributed by atoms with Crippen LogP contribution in [-0.4, -0.2) is 81.6 Å². The van der Waals surface area contributed by atoms with E-state index in [1.54, 1.807) is 34.6 Å². The lowest BCUT2D eigenvalue weighted by atomic mass is 10.5. The molecule has 1 aromatic heterocycles. The molecular weight excluding hydrogens is 444 g/mol. The molecule has 0 fully saturated rings. The van der Waals surface area contributed by atoms with Gasteiger partial charge in [0.05, 0.1) is 30.5 Å². The van der Waals surface area contributed by atoms with Gasteiger partial charge in [0.15, 0.2) is 0 Å². The number of nitrogens with two attached hydrogens (primary N) is 1. The van der Waals surface area contributed by atoms with Crippen LogP contribution in [0, 0.1) is 12.3 Å². The average Bonchev–Trinajstić information content (AvgIpc) is 3.42. The van der Waals surface area contributed by atoms with Crippen molar-refractivity contribution in [1.82, 2.24) is 25.4 Å². The molecule has 11 nitrogen and oxygen atoms in total. The molecule has 2 aliphatic rings. The van der Waals surface area contributed by atoms with Crippen LogP contribution >= 0.6 is 0 Å². The maximum atomic E-state index is 7.73. The zero-order valence-corrected chi connectivity index (χ0v) is 21.3. The minimum Gasteiger partial charge on any atom is -0.411 e. The van der Waals surface area contributed by atoms with Crippen LogP contribution in [0.2, 0.25) is 0 Å². The van der Waals surface area contributed by atoms with Crippen molar-refractivity contribution in [2.45, 2.75) is 77.7 Å². The normalized spacial score (nSPS) is 11.4. The number of likely N-dealkylation sites (N-methyl/N-ethyl adjacent to an activating group) is 1. The van der Waals surface area contributed by atoms with Crippen LogP contribution in [0.5, 0.6) is 0 Å². The molecule has 0 atom stereocenters. The van der Waals surface area contributed by atoms with Crippen molar-refractivity contribution < 1.29 is 5.21 Å². The van der Waals surface area contributed by atoms with Crippen molar-refractivity contribution in [3.8, 4) is 0 Å². The van der Waals surface area contributed by atoms with Gasteiger partial charge in [0.2, 0.25) is 0 Å². The number of hydrogen-bond acceptors (Lipinski definition) is 10. The lowest BCUT2D eigenvalue weighted by Crippen LogP contribution is -2.19. The Morgan fingerprint density at radius 1 is 1.09 bits per heavy atom. The van der Waals surface area contributed by atoms with Crippen molar-refractivity contribution in [2.24, 2.45) is 20.9 Å². The highest BCUT2D eigenvalue weighted by molar-refractivity contribution is 5.81. The molecular formula is C24H56N10O. The molecule has 0 unspecified atom stereocenters. The predicted octanol–water partition coefficient (Wildman–Crippen LogP) is 4.76. The first-order valence-corrected chi connectivity index (χ1v) is 10.2. The van der Waals surface area contributed by atoms with Crippen LogP contribution in [0.1, 0.15) is 76.6 Å². The summed E-state index contributed by atoms with van der Waals surface area (Å²) in [5.41, 5.74) is 6.94. The minimum atomic E-state index is 0. The van der Waals surface area contributed by atoms with E-state index in [9.17, 15) is 0 Å². The molecule has 0 radical (unpaired) electrons. The van der Waals surface area contributed by atoms with E-state index < -0.39 is 0 Å². The van der Waals surface area contributed by atoms with Crippen LogP contribution in [0.4, 0.5) is 0 Å². The van der Waals surface area contributed by atoms with E-state index in [4.69, 9.17) is 16.4 Å². The van der Waals surface area contributed by atoms with Gasteiger partial charge in [-0.2, -0.15) is 5.10 Å². The topological polar surface area (TPSA) is 164 Å². The first kappa shape index (κ1) is 45.3. The first-order chi connectivity index (χ1) is 14.8. The standard InChI is InChI=1S/C5H10N2.C4H8N2.C3H5N3.C3H7NO.2C3H7N.3CH4/c1-5-6-3-4-7(5)2;1-4-5-2-3-6-4;1-3-4-2-5-6-3;1-3(2)4-5;2*1-3(2)4;;;/h3-4H2,1-2H3;2-3H2,1H3,(H,5,6);2H,1H3,(H,4,5,6);5H,1-2H3;4H,1-2H3;1,4H2,2H3;3*1H4. The number of aliphatic imine (C=N–C) groups is 2. The number of H-pyrrole nitrogens is 1. The summed E-state index contributed by atoms with van der Waals surface area (Å²) in [4.78, 5) is 14.1. The van der Waals surface area contributed by atoms with Crippen molar-refractivity contribution in [3.05, 3.63) is 24.4 Å². The molecule has 0 aromatic carbocycles. The highest BCUT2D eigenvalue weighted by atomic mass is 16.4. The molecule has 3 rings (SSSR count). The highest BCUT2D eigenvalue weighted by Gasteiger charge is 2.04. The first-order valence-electron chi connectivity index (χ1n) is 10.2. The molecule has 208 valence electrons. The number of allylic oxidation sites excluding steroid dienone is 1. The number of rotatable bonds is 0. The smallest absolute Gasteiger partial charge is 0.137 e. The third-order valence-corrected chi connectivity index (χ3v) is 2.91. The number of nitrogens with one attached hydrogen (secondary N) is 3. The highest BCUT2D eigenvalue weighted by Crippen LogP contribution is 1.94. The summed E-state index contributed by atoms with van der Waals surface area (Å²) in [6.45, 7) is 22.0. The van der Waals surface area contributed by atoms with Crippen LogP contribution in [0.15, 0.2) is 33.7 Å². The van der Waals surface area contributed by atoms with Crippen molar-refractivity contribution in [1.29, 1.82) is 5.41 Å². The van der Waals surface area contributed by atoms with Gasteiger partial charge in [-0.1, -0.05) is 34.0 Å². The van der Waals surface area contributed by atoms with E-state index >= 15 is 0 Å². The Bertz CT molecular complexity index is 671. The number of oxime groups is 1. The number of hydrogen-bond donors (Lipinski definition) is 5. The molecule has 11 heteroatoms. The van der Waals surface area contributed by atoms with Crippen LogP contribution in [0.25, 0.3) is 0 Å². The number of aromatic amines is 1. The predicted molar refractivity (Wildman–Crippen MR) is 157 cm³/mol. The molecule has 35 heavy (non-hydrogen) atoms. The summed E-state index contributed by atoms with van der Waals surface area (Å²) in [7, 11) is 2.06. The third kappa shape index (κ3) is 49.1. The second-order valence-corrected chi connectivity index (χ2v) is 7.21. The Morgan fingerprint density at radius 2 is 1.54 bits per heavy atom. The van der Waals surface area contributed by atoms with E-state index in [2.05, 4.69) is 54.2 Å². The maximum absolute atomic E-state index is 7.73. The molecule has 0 spiro atoms. The zero-order valence-electron chi connectivity index (χ0n) is 21.3. The monoisotopic (exact) mass is 500 g/mol. The number of aromatic nitrogens is 3. The minimum absolute atomic E-state index is 0. The quantitative estimate of drug-likeness (QED) is 0.196. The number of aryl methyl sites for hydroxylation is 1. The molecule has 0 aliphatic carbocycles. The molecule has 0 amide bonds. The van der Waals surface area contributed by atoms with E-state index in [0.717, 1.165) is 37.8 Å². The van der Waals surface area contributed by atoms with Crippen molar-refractivity contribution in [3.63, 3.8) is 0 Å². The lowest BCUT2D eigenvalue weighted by Gasteiger charge is -2.07. The van der Waals surface area contributed by atoms with Crippen LogP contribution in [0.3, 0.4) is 0 Å². The van der Waals surface area contributed by atoms with Gasteiger partial charge in [-0.3, -0.25) is 15.1 Å². The summed E-state index contributed by atoms with van der Waals surface area (Å²) in [6, 6.07) is 0. The Kier molecular flexibility index (Phi) is 39.8. The number of nitrogens with zero attached hydrogens (tertiary/aromatic N) is 6. The lowest BCUT2D eigenvalue weighted by molar-refractivity contribution is 0.318. The fraction of sp³-hybridized carbons (Fsp3) is 0.667. The van der Waals surface area contributed by atoms with Gasteiger partial charge in [0.25, 0.3) is 0 Å². The molecule has 6 N–H and O–H groups in total. The van der Waals surface area contributed by atoms with E-state index in [1.807, 2.05) is 20.8 Å². The Morgan fingerprint density at radius 3 is 1.63 bits per heavy atom. The molecule has 3 heterocycles. The fourth-order valence-corrected chi connectivity index (χ4v) is 1.43. The summed E-state index contributed by atoms with van der Waals surface area (Å²) in [6.07, 6.45) is 1.48. The Labute approximate surface area is 215 Å². The average molecular weight is 501 g/mol. The van der Waals surface area contributed by atoms with Crippen molar-refractivity contribution >= 4 is 23.1 Å². The number of amidine groups is 2. The van der Waals surface area contributed by atoms with Gasteiger partial charge in [-0.15, -0.1) is 0 Å². The second kappa shape index (κ2) is 30.8. The summed E-state index contributed by atoms with van der Waals surface area (Å²) < 4.78 is 0. The molecule has 0 saturated heterocycles. The Hall–Kier alpha value is -3.24. The van der Waals surface area contributed by atoms with E-state index in [1.165, 1.54) is 12.2 Å². The van der Waals surface area contributed by atoms with Gasteiger partial charge in [-0.25, -0.2) is 4.98 Å². The van der Waals surface area contributed by atoms with E-state index in [0.29, 0.717) is 17.1 Å². The van der Waals surface area contributed by atoms with Crippen LogP contribution in [-0.2, 0) is 0 Å². The third-order valence-electron chi connectivity index (χ3n) is 2.91. The summed E-state index contributed by atoms with van der Waals surface area (Å²) in [5.74, 6) is 3.10. The van der Waals surface area contributed by atoms with E-state index in [-0.39, 0.29) is 22.3 Å². The molecule has 2 aliphatic heterocycles. The summed E-state index contributed by atoms with van der Waals surface area (Å²) in [5, 5.41) is 26.3. The largest absolute Gasteiger partial charge is 0.411 e. The SMILES string of the molecule is C.C.C.C=C(C)N.CC(C)=N.CC(C)=NO.CC1=NCCN1.CC1=NCCN1C.Cc1ncn[nH]1. The zero-order chi connectivity index (χ0) is 25.5.